The van der Waals surface area contributed by atoms with Gasteiger partial charge in [-0.05, 0) is 17.7 Å². The van der Waals surface area contributed by atoms with E-state index in [-0.39, 0.29) is 13.0 Å². The third kappa shape index (κ3) is 7.09. The molecule has 0 atom stereocenters. The van der Waals surface area contributed by atoms with Gasteiger partial charge in [0.2, 0.25) is 5.91 Å². The molecule has 0 aliphatic carbocycles. The fraction of sp³-hybridized carbons (Fsp3) is 0.200. The van der Waals surface area contributed by atoms with Crippen LogP contribution in [0.3, 0.4) is 0 Å². The maximum absolute atomic E-state index is 11.9. The Bertz CT molecular complexity index is 984. The summed E-state index contributed by atoms with van der Waals surface area (Å²) < 4.78 is 11.0. The molecule has 0 saturated heterocycles. The Morgan fingerprint density at radius 2 is 1.83 bits per heavy atom. The maximum Gasteiger partial charge on any atom is 0.321 e. The topological polar surface area (TPSA) is 106 Å². The first-order valence-electron chi connectivity index (χ1n) is 9.04. The van der Waals surface area contributed by atoms with Crippen LogP contribution in [-0.4, -0.2) is 27.9 Å². The minimum atomic E-state index is -0.536. The van der Waals surface area contributed by atoms with Gasteiger partial charge in [0.1, 0.15) is 5.75 Å². The Hall–Kier alpha value is -3.04. The maximum atomic E-state index is 11.9. The molecule has 10 heteroatoms. The predicted octanol–water partition coefficient (Wildman–Crippen LogP) is 3.81. The summed E-state index contributed by atoms with van der Waals surface area (Å²) >= 11 is 7.24. The zero-order chi connectivity index (χ0) is 21.2. The fourth-order valence-electron chi connectivity index (χ4n) is 2.30. The molecule has 0 spiro atoms. The van der Waals surface area contributed by atoms with Crippen LogP contribution in [0, 0.1) is 0 Å². The van der Waals surface area contributed by atoms with Gasteiger partial charge in [0, 0.05) is 18.7 Å². The number of benzene rings is 2. The third-order valence-electron chi connectivity index (χ3n) is 3.74. The molecule has 2 aromatic carbocycles. The van der Waals surface area contributed by atoms with Crippen molar-refractivity contribution >= 4 is 35.3 Å². The largest absolute Gasteiger partial charge is 0.482 e. The SMILES string of the molecule is O=C(CCSc1nnc(COc2ccccc2Cl)o1)NC(=O)NCc1ccccc1. The first-order chi connectivity index (χ1) is 14.6. The highest BCUT2D eigenvalue weighted by Gasteiger charge is 2.11. The number of nitrogens with one attached hydrogen (secondary N) is 2. The van der Waals surface area contributed by atoms with Crippen molar-refractivity contribution in [3.8, 4) is 5.75 Å². The van der Waals surface area contributed by atoms with E-state index in [0.717, 1.165) is 5.56 Å². The van der Waals surface area contributed by atoms with Crippen molar-refractivity contribution in [3.63, 3.8) is 0 Å². The van der Waals surface area contributed by atoms with Crippen LogP contribution in [0.25, 0.3) is 0 Å². The third-order valence-corrected chi connectivity index (χ3v) is 4.87. The van der Waals surface area contributed by atoms with Crippen LogP contribution in [0.1, 0.15) is 17.9 Å². The first kappa shape index (κ1) is 21.7. The molecule has 3 amide bonds. The van der Waals surface area contributed by atoms with E-state index in [0.29, 0.717) is 34.2 Å². The van der Waals surface area contributed by atoms with Gasteiger partial charge in [0.25, 0.3) is 11.1 Å². The molecule has 0 unspecified atom stereocenters. The summed E-state index contributed by atoms with van der Waals surface area (Å²) in [5, 5.41) is 13.5. The second kappa shape index (κ2) is 11.2. The number of hydrogen-bond acceptors (Lipinski definition) is 7. The van der Waals surface area contributed by atoms with Crippen molar-refractivity contribution in [3.05, 3.63) is 71.1 Å². The lowest BCUT2D eigenvalue weighted by Crippen LogP contribution is -2.39. The number of halogens is 1. The molecule has 0 aliphatic heterocycles. The number of urea groups is 1. The highest BCUT2D eigenvalue weighted by molar-refractivity contribution is 7.99. The molecule has 0 radical (unpaired) electrons. The average Bonchev–Trinajstić information content (AvgIpc) is 3.20. The van der Waals surface area contributed by atoms with E-state index in [4.69, 9.17) is 20.8 Å². The minimum absolute atomic E-state index is 0.0827. The van der Waals surface area contributed by atoms with E-state index in [1.54, 1.807) is 18.2 Å². The van der Waals surface area contributed by atoms with Gasteiger partial charge in [-0.25, -0.2) is 4.79 Å². The summed E-state index contributed by atoms with van der Waals surface area (Å²) in [6, 6.07) is 16.0. The second-order valence-electron chi connectivity index (χ2n) is 6.00. The summed E-state index contributed by atoms with van der Waals surface area (Å²) in [6.07, 6.45) is 0.122. The van der Waals surface area contributed by atoms with Crippen LogP contribution >= 0.6 is 23.4 Å². The Balaban J connectivity index is 1.33. The number of aromatic nitrogens is 2. The lowest BCUT2D eigenvalue weighted by Gasteiger charge is -2.06. The van der Waals surface area contributed by atoms with Crippen molar-refractivity contribution in [1.82, 2.24) is 20.8 Å². The van der Waals surface area contributed by atoms with Crippen LogP contribution in [0.2, 0.25) is 5.02 Å². The summed E-state index contributed by atoms with van der Waals surface area (Å²) in [4.78, 5) is 23.6. The number of imide groups is 1. The second-order valence-corrected chi connectivity index (χ2v) is 7.45. The summed E-state index contributed by atoms with van der Waals surface area (Å²) in [5.41, 5.74) is 0.946. The molecule has 2 N–H and O–H groups in total. The van der Waals surface area contributed by atoms with Crippen LogP contribution < -0.4 is 15.4 Å². The number of rotatable bonds is 9. The van der Waals surface area contributed by atoms with E-state index in [9.17, 15) is 9.59 Å². The molecule has 3 aromatic rings. The molecule has 0 bridgehead atoms. The number of para-hydroxylation sites is 1. The van der Waals surface area contributed by atoms with Crippen molar-refractivity contribution in [2.24, 2.45) is 0 Å². The minimum Gasteiger partial charge on any atom is -0.482 e. The zero-order valence-corrected chi connectivity index (χ0v) is 17.4. The van der Waals surface area contributed by atoms with E-state index in [1.807, 2.05) is 36.4 Å². The quantitative estimate of drug-likeness (QED) is 0.481. The number of thioether (sulfide) groups is 1. The van der Waals surface area contributed by atoms with Gasteiger partial charge >= 0.3 is 6.03 Å². The molecule has 0 fully saturated rings. The van der Waals surface area contributed by atoms with Crippen LogP contribution in [0.5, 0.6) is 5.75 Å². The molecular weight excluding hydrogens is 428 g/mol. The lowest BCUT2D eigenvalue weighted by atomic mass is 10.2. The molecule has 0 aliphatic rings. The number of amides is 3. The number of nitrogens with zero attached hydrogens (tertiary/aromatic N) is 2. The molecule has 1 aromatic heterocycles. The predicted molar refractivity (Wildman–Crippen MR) is 112 cm³/mol. The molecule has 156 valence electrons. The monoisotopic (exact) mass is 446 g/mol. The molecule has 0 saturated carbocycles. The summed E-state index contributed by atoms with van der Waals surface area (Å²) in [7, 11) is 0. The number of ether oxygens (including phenoxy) is 1. The Morgan fingerprint density at radius 3 is 2.63 bits per heavy atom. The Labute approximate surface area is 182 Å². The average molecular weight is 447 g/mol. The Morgan fingerprint density at radius 1 is 1.07 bits per heavy atom. The zero-order valence-electron chi connectivity index (χ0n) is 15.8. The summed E-state index contributed by atoms with van der Waals surface area (Å²) in [6.45, 7) is 0.426. The van der Waals surface area contributed by atoms with Gasteiger partial charge in [-0.2, -0.15) is 0 Å². The molecule has 3 rings (SSSR count). The van der Waals surface area contributed by atoms with Crippen LogP contribution in [0.4, 0.5) is 4.79 Å². The standard InChI is InChI=1S/C20H19ClN4O4S/c21-15-8-4-5-9-16(15)28-13-18-24-25-20(29-18)30-11-10-17(26)23-19(27)22-12-14-6-2-1-3-7-14/h1-9H,10-13H2,(H2,22,23,26,27). The van der Waals surface area contributed by atoms with Crippen molar-refractivity contribution in [2.75, 3.05) is 5.75 Å². The summed E-state index contributed by atoms with van der Waals surface area (Å²) in [5.74, 6) is 0.802. The first-order valence-corrected chi connectivity index (χ1v) is 10.4. The van der Waals surface area contributed by atoms with E-state index < -0.39 is 11.9 Å². The van der Waals surface area contributed by atoms with E-state index in [2.05, 4.69) is 20.8 Å². The van der Waals surface area contributed by atoms with Gasteiger partial charge in [-0.3, -0.25) is 10.1 Å². The highest BCUT2D eigenvalue weighted by Crippen LogP contribution is 2.24. The molecular formula is C20H19ClN4O4S. The van der Waals surface area contributed by atoms with Gasteiger partial charge < -0.3 is 14.5 Å². The Kier molecular flexibility index (Phi) is 8.10. The number of hydrogen-bond donors (Lipinski definition) is 2. The van der Waals surface area contributed by atoms with Gasteiger partial charge in [-0.1, -0.05) is 65.8 Å². The van der Waals surface area contributed by atoms with Crippen molar-refractivity contribution in [1.29, 1.82) is 0 Å². The molecule has 1 heterocycles. The van der Waals surface area contributed by atoms with Crippen molar-refractivity contribution in [2.45, 2.75) is 24.8 Å². The number of carbonyl (C=O) groups is 2. The number of carbonyl (C=O) groups excluding carboxylic acids is 2. The van der Waals surface area contributed by atoms with Crippen LogP contribution in [0.15, 0.2) is 64.2 Å². The van der Waals surface area contributed by atoms with Gasteiger partial charge in [-0.15, -0.1) is 10.2 Å². The fourth-order valence-corrected chi connectivity index (χ4v) is 3.20. The highest BCUT2D eigenvalue weighted by atomic mass is 35.5. The molecule has 30 heavy (non-hydrogen) atoms. The van der Waals surface area contributed by atoms with Crippen molar-refractivity contribution < 1.29 is 18.7 Å². The molecule has 8 nitrogen and oxygen atoms in total. The van der Waals surface area contributed by atoms with Gasteiger partial charge in [0.05, 0.1) is 5.02 Å². The van der Waals surface area contributed by atoms with Gasteiger partial charge in [0.15, 0.2) is 6.61 Å². The normalized spacial score (nSPS) is 10.4. The van der Waals surface area contributed by atoms with E-state index >= 15 is 0 Å². The van der Waals surface area contributed by atoms with Crippen LogP contribution in [-0.2, 0) is 17.9 Å². The lowest BCUT2D eigenvalue weighted by molar-refractivity contribution is -0.119. The smallest absolute Gasteiger partial charge is 0.321 e. The van der Waals surface area contributed by atoms with E-state index in [1.165, 1.54) is 11.8 Å².